The van der Waals surface area contributed by atoms with Crippen LogP contribution >= 0.6 is 0 Å². The fourth-order valence-corrected chi connectivity index (χ4v) is 1.89. The van der Waals surface area contributed by atoms with Crippen molar-refractivity contribution in [3.63, 3.8) is 0 Å². The number of anilines is 1. The maximum Gasteiger partial charge on any atom is 0.239 e. The van der Waals surface area contributed by atoms with Gasteiger partial charge < -0.3 is 19.7 Å². The molecule has 0 unspecified atom stereocenters. The lowest BCUT2D eigenvalue weighted by Gasteiger charge is -2.23. The third-order valence-electron chi connectivity index (χ3n) is 2.87. The number of nitrogens with one attached hydrogen (secondary N) is 1. The second kappa shape index (κ2) is 7.35. The molecular weight excluding hydrogens is 256 g/mol. The highest BCUT2D eigenvalue weighted by atomic mass is 16.3. The molecule has 1 aromatic carbocycles. The first-order valence-electron chi connectivity index (χ1n) is 6.49. The van der Waals surface area contributed by atoms with Gasteiger partial charge in [-0.3, -0.25) is 4.79 Å². The molecule has 2 aromatic rings. The van der Waals surface area contributed by atoms with E-state index in [1.54, 1.807) is 12.3 Å². The van der Waals surface area contributed by atoms with Gasteiger partial charge >= 0.3 is 0 Å². The molecule has 5 nitrogen and oxygen atoms in total. The van der Waals surface area contributed by atoms with Crippen molar-refractivity contribution in [2.45, 2.75) is 6.54 Å². The minimum Gasteiger partial charge on any atom is -0.467 e. The summed E-state index contributed by atoms with van der Waals surface area (Å²) in [6.45, 7) is 0.984. The number of carbonyl (C=O) groups excluding carboxylic acids is 1. The summed E-state index contributed by atoms with van der Waals surface area (Å²) in [5.41, 5.74) is 0.912. The van der Waals surface area contributed by atoms with E-state index in [4.69, 9.17) is 9.52 Å². The third-order valence-corrected chi connectivity index (χ3v) is 2.87. The van der Waals surface area contributed by atoms with Gasteiger partial charge in [-0.1, -0.05) is 18.2 Å². The van der Waals surface area contributed by atoms with Gasteiger partial charge in [0.25, 0.3) is 0 Å². The summed E-state index contributed by atoms with van der Waals surface area (Å²) in [6, 6.07) is 13.1. The molecular formula is C15H18N2O3. The van der Waals surface area contributed by atoms with Crippen molar-refractivity contribution in [3.05, 3.63) is 54.5 Å². The molecule has 2 N–H and O–H groups in total. The summed E-state index contributed by atoms with van der Waals surface area (Å²) in [5.74, 6) is 0.602. The van der Waals surface area contributed by atoms with Gasteiger partial charge in [0.05, 0.1) is 26.0 Å². The molecule has 0 aliphatic heterocycles. The lowest BCUT2D eigenvalue weighted by atomic mass is 10.3. The van der Waals surface area contributed by atoms with E-state index in [9.17, 15) is 4.79 Å². The van der Waals surface area contributed by atoms with Crippen LogP contribution in [0.1, 0.15) is 5.76 Å². The first kappa shape index (κ1) is 14.1. The van der Waals surface area contributed by atoms with Gasteiger partial charge in [-0.25, -0.2) is 0 Å². The number of hydrogen-bond donors (Lipinski definition) is 2. The fraction of sp³-hybridized carbons (Fsp3) is 0.267. The Kier molecular flexibility index (Phi) is 5.20. The van der Waals surface area contributed by atoms with E-state index in [-0.39, 0.29) is 19.1 Å². The van der Waals surface area contributed by atoms with Crippen LogP contribution in [0, 0.1) is 0 Å². The van der Waals surface area contributed by atoms with Crippen LogP contribution in [0.3, 0.4) is 0 Å². The summed E-state index contributed by atoms with van der Waals surface area (Å²) in [7, 11) is 0. The molecule has 0 fully saturated rings. The monoisotopic (exact) mass is 274 g/mol. The Morgan fingerprint density at radius 2 is 2.00 bits per heavy atom. The number of para-hydroxylation sites is 1. The van der Waals surface area contributed by atoms with Crippen molar-refractivity contribution in [2.75, 3.05) is 24.6 Å². The Balaban J connectivity index is 1.89. The summed E-state index contributed by atoms with van der Waals surface area (Å²) in [6.07, 6.45) is 1.57. The number of benzene rings is 1. The second-order valence-corrected chi connectivity index (χ2v) is 4.34. The predicted octanol–water partition coefficient (Wildman–Crippen LogP) is 1.39. The number of furan rings is 1. The Bertz CT molecular complexity index is 511. The molecule has 2 rings (SSSR count). The van der Waals surface area contributed by atoms with E-state index in [1.807, 2.05) is 41.3 Å². The quantitative estimate of drug-likeness (QED) is 0.801. The maximum atomic E-state index is 11.9. The third kappa shape index (κ3) is 4.13. The van der Waals surface area contributed by atoms with E-state index in [1.165, 1.54) is 0 Å². The van der Waals surface area contributed by atoms with Crippen molar-refractivity contribution in [1.82, 2.24) is 5.32 Å². The Morgan fingerprint density at radius 3 is 2.65 bits per heavy atom. The van der Waals surface area contributed by atoms with Gasteiger partial charge in [-0.2, -0.15) is 0 Å². The summed E-state index contributed by atoms with van der Waals surface area (Å²) < 4.78 is 5.15. The second-order valence-electron chi connectivity index (χ2n) is 4.34. The first-order chi connectivity index (χ1) is 9.79. The van der Waals surface area contributed by atoms with E-state index >= 15 is 0 Å². The molecule has 0 aliphatic carbocycles. The molecule has 0 bridgehead atoms. The standard InChI is InChI=1S/C15H18N2O3/c18-9-8-17(13-5-2-1-3-6-13)12-15(19)16-11-14-7-4-10-20-14/h1-7,10,18H,8-9,11-12H2,(H,16,19). The zero-order valence-corrected chi connectivity index (χ0v) is 11.2. The Morgan fingerprint density at radius 1 is 1.20 bits per heavy atom. The number of aliphatic hydroxyl groups excluding tert-OH is 1. The normalized spacial score (nSPS) is 10.2. The van der Waals surface area contributed by atoms with Crippen LogP contribution in [0.5, 0.6) is 0 Å². The number of amides is 1. The van der Waals surface area contributed by atoms with Crippen molar-refractivity contribution >= 4 is 11.6 Å². The molecule has 0 saturated carbocycles. The van der Waals surface area contributed by atoms with Crippen molar-refractivity contribution in [3.8, 4) is 0 Å². The van der Waals surface area contributed by atoms with Crippen LogP contribution in [0.25, 0.3) is 0 Å². The molecule has 0 aliphatic rings. The average molecular weight is 274 g/mol. The van der Waals surface area contributed by atoms with Crippen LogP contribution in [-0.4, -0.2) is 30.7 Å². The topological polar surface area (TPSA) is 65.7 Å². The van der Waals surface area contributed by atoms with Gasteiger partial charge in [-0.15, -0.1) is 0 Å². The van der Waals surface area contributed by atoms with Crippen LogP contribution in [-0.2, 0) is 11.3 Å². The largest absolute Gasteiger partial charge is 0.467 e. The van der Waals surface area contributed by atoms with E-state index < -0.39 is 0 Å². The van der Waals surface area contributed by atoms with Gasteiger partial charge in [0, 0.05) is 12.2 Å². The molecule has 0 radical (unpaired) electrons. The summed E-state index contributed by atoms with van der Waals surface area (Å²) in [5, 5.41) is 11.9. The Labute approximate surface area is 117 Å². The highest BCUT2D eigenvalue weighted by Crippen LogP contribution is 2.12. The molecule has 0 atom stereocenters. The molecule has 1 amide bonds. The van der Waals surface area contributed by atoms with Crippen LogP contribution in [0.4, 0.5) is 5.69 Å². The Hall–Kier alpha value is -2.27. The highest BCUT2D eigenvalue weighted by molar-refractivity contribution is 5.81. The summed E-state index contributed by atoms with van der Waals surface area (Å²) in [4.78, 5) is 13.8. The molecule has 0 spiro atoms. The molecule has 0 saturated heterocycles. The number of carbonyl (C=O) groups is 1. The number of aliphatic hydroxyl groups is 1. The van der Waals surface area contributed by atoms with Crippen molar-refractivity contribution in [2.24, 2.45) is 0 Å². The SMILES string of the molecule is O=C(CN(CCO)c1ccccc1)NCc1ccco1. The average Bonchev–Trinajstić information content (AvgIpc) is 2.99. The smallest absolute Gasteiger partial charge is 0.239 e. The fourth-order valence-electron chi connectivity index (χ4n) is 1.89. The van der Waals surface area contributed by atoms with Crippen molar-refractivity contribution < 1.29 is 14.3 Å². The van der Waals surface area contributed by atoms with Crippen LogP contribution in [0.2, 0.25) is 0 Å². The van der Waals surface area contributed by atoms with Crippen LogP contribution < -0.4 is 10.2 Å². The molecule has 5 heteroatoms. The summed E-state index contributed by atoms with van der Waals surface area (Å²) >= 11 is 0. The van der Waals surface area contributed by atoms with E-state index in [0.717, 1.165) is 5.69 Å². The van der Waals surface area contributed by atoms with E-state index in [0.29, 0.717) is 18.8 Å². The van der Waals surface area contributed by atoms with Crippen LogP contribution in [0.15, 0.2) is 53.1 Å². The number of hydrogen-bond acceptors (Lipinski definition) is 4. The minimum absolute atomic E-state index is 0.000355. The minimum atomic E-state index is -0.112. The van der Waals surface area contributed by atoms with Gasteiger partial charge in [0.15, 0.2) is 0 Å². The van der Waals surface area contributed by atoms with E-state index in [2.05, 4.69) is 5.32 Å². The molecule has 106 valence electrons. The maximum absolute atomic E-state index is 11.9. The molecule has 20 heavy (non-hydrogen) atoms. The zero-order valence-electron chi connectivity index (χ0n) is 11.2. The lowest BCUT2D eigenvalue weighted by molar-refractivity contribution is -0.120. The van der Waals surface area contributed by atoms with Gasteiger partial charge in [0.1, 0.15) is 5.76 Å². The van der Waals surface area contributed by atoms with Gasteiger partial charge in [0.2, 0.25) is 5.91 Å². The zero-order chi connectivity index (χ0) is 14.2. The van der Waals surface area contributed by atoms with Gasteiger partial charge in [-0.05, 0) is 24.3 Å². The number of rotatable bonds is 7. The molecule has 1 aromatic heterocycles. The molecule has 1 heterocycles. The first-order valence-corrected chi connectivity index (χ1v) is 6.49. The predicted molar refractivity (Wildman–Crippen MR) is 76.3 cm³/mol. The highest BCUT2D eigenvalue weighted by Gasteiger charge is 2.11. The number of nitrogens with zero attached hydrogens (tertiary/aromatic N) is 1. The lowest BCUT2D eigenvalue weighted by Crippen LogP contribution is -2.38. The van der Waals surface area contributed by atoms with Crippen molar-refractivity contribution in [1.29, 1.82) is 0 Å².